The van der Waals surface area contributed by atoms with Crippen LogP contribution < -0.4 is 0 Å². The summed E-state index contributed by atoms with van der Waals surface area (Å²) in [6, 6.07) is 1.56. The van der Waals surface area contributed by atoms with Gasteiger partial charge in [-0.25, -0.2) is 4.79 Å². The van der Waals surface area contributed by atoms with Crippen molar-refractivity contribution in [1.29, 1.82) is 0 Å². The number of hydrogen-bond acceptors (Lipinski definition) is 11. The highest BCUT2D eigenvalue weighted by atomic mass is 16.6. The number of methoxy groups -OCH3 is 3. The molecule has 2 bridgehead atoms. The molecule has 2 N–H and O–H groups in total. The predicted octanol–water partition coefficient (Wildman–Crippen LogP) is 2.47. The number of allylic oxidation sites excluding steroid dienone is 1. The Morgan fingerprint density at radius 3 is 2.53 bits per heavy atom. The lowest BCUT2D eigenvalue weighted by atomic mass is 9.51. The van der Waals surface area contributed by atoms with Crippen LogP contribution in [0.2, 0.25) is 0 Å². The predicted molar refractivity (Wildman–Crippen MR) is 152 cm³/mol. The molecular formula is C32H44O11. The molecule has 0 amide bonds. The largest absolute Gasteiger partial charge is 0.469 e. The van der Waals surface area contributed by atoms with Crippen LogP contribution in [0.3, 0.4) is 0 Å². The van der Waals surface area contributed by atoms with Gasteiger partial charge >= 0.3 is 11.9 Å². The van der Waals surface area contributed by atoms with Crippen molar-refractivity contribution in [3.05, 3.63) is 47.5 Å². The van der Waals surface area contributed by atoms with Crippen LogP contribution in [0.4, 0.5) is 0 Å². The smallest absolute Gasteiger partial charge is 0.342 e. The molecule has 1 aromatic heterocycles. The molecule has 12 atom stereocenters. The van der Waals surface area contributed by atoms with E-state index in [1.807, 2.05) is 32.1 Å². The monoisotopic (exact) mass is 604 g/mol. The molecule has 0 aromatic carbocycles. The van der Waals surface area contributed by atoms with Crippen molar-refractivity contribution >= 4 is 11.9 Å². The zero-order valence-corrected chi connectivity index (χ0v) is 25.6. The Morgan fingerprint density at radius 2 is 1.88 bits per heavy atom. The van der Waals surface area contributed by atoms with Crippen molar-refractivity contribution in [2.75, 3.05) is 41.2 Å². The fourth-order valence-corrected chi connectivity index (χ4v) is 8.17. The van der Waals surface area contributed by atoms with Gasteiger partial charge in [-0.1, -0.05) is 30.7 Å². The van der Waals surface area contributed by atoms with E-state index in [-0.39, 0.29) is 31.7 Å². The zero-order chi connectivity index (χ0) is 31.1. The molecule has 11 heteroatoms. The van der Waals surface area contributed by atoms with Crippen LogP contribution in [0, 0.1) is 41.9 Å². The minimum atomic E-state index is -1.04. The molecule has 1 saturated heterocycles. The van der Waals surface area contributed by atoms with Crippen LogP contribution >= 0.6 is 0 Å². The number of cyclic esters (lactones) is 1. The van der Waals surface area contributed by atoms with Gasteiger partial charge in [-0.2, -0.15) is 0 Å². The number of furan rings is 1. The highest BCUT2D eigenvalue weighted by Gasteiger charge is 2.67. The van der Waals surface area contributed by atoms with Crippen molar-refractivity contribution in [3.8, 4) is 0 Å². The lowest BCUT2D eigenvalue weighted by Crippen LogP contribution is -2.66. The molecule has 238 valence electrons. The second kappa shape index (κ2) is 12.8. The summed E-state index contributed by atoms with van der Waals surface area (Å²) in [5.74, 6) is -3.10. The summed E-state index contributed by atoms with van der Waals surface area (Å²) < 4.78 is 40.4. The van der Waals surface area contributed by atoms with Gasteiger partial charge in [0.2, 0.25) is 0 Å². The SMILES string of the molecule is COC[C@@H]1[C@@H](O)[C@@H]2C[C@H](O[C@@H]3C=C[C@@H]4[C@@H](COC)C(=O)O[C@H]([C@H](O)COC)[C@H](C)/C=C(\C)[C@@]432)[C@@H]1OC(=O)c1ccoc1C. The minimum absolute atomic E-state index is 0.00446. The van der Waals surface area contributed by atoms with E-state index in [2.05, 4.69) is 0 Å². The molecule has 4 aliphatic rings. The second-order valence-electron chi connectivity index (χ2n) is 12.3. The van der Waals surface area contributed by atoms with Crippen molar-refractivity contribution in [2.24, 2.45) is 35.0 Å². The summed E-state index contributed by atoms with van der Waals surface area (Å²) in [5.41, 5.74) is 0.420. The topological polar surface area (TPSA) is 143 Å². The Bertz CT molecular complexity index is 1220. The van der Waals surface area contributed by atoms with Gasteiger partial charge in [0.05, 0.1) is 50.3 Å². The summed E-state index contributed by atoms with van der Waals surface area (Å²) in [7, 11) is 4.56. The van der Waals surface area contributed by atoms with E-state index in [4.69, 9.17) is 32.8 Å². The average Bonchev–Trinajstić information content (AvgIpc) is 3.58. The molecule has 43 heavy (non-hydrogen) atoms. The number of aliphatic hydroxyl groups excluding tert-OH is 2. The number of ether oxygens (including phenoxy) is 6. The van der Waals surface area contributed by atoms with Gasteiger partial charge in [-0.05, 0) is 26.3 Å². The molecule has 2 fully saturated rings. The third-order valence-corrected chi connectivity index (χ3v) is 10.0. The third-order valence-electron chi connectivity index (χ3n) is 10.0. The Morgan fingerprint density at radius 1 is 1.14 bits per heavy atom. The van der Waals surface area contributed by atoms with Gasteiger partial charge in [0.15, 0.2) is 0 Å². The summed E-state index contributed by atoms with van der Waals surface area (Å²) in [6.07, 6.45) is 3.11. The molecule has 0 radical (unpaired) electrons. The molecule has 1 spiro atoms. The highest BCUT2D eigenvalue weighted by Crippen LogP contribution is 2.62. The van der Waals surface area contributed by atoms with Gasteiger partial charge < -0.3 is 43.1 Å². The van der Waals surface area contributed by atoms with E-state index in [0.29, 0.717) is 17.7 Å². The number of fused-ring (bicyclic) bond motifs is 2. The Balaban J connectivity index is 1.57. The van der Waals surface area contributed by atoms with E-state index in [1.54, 1.807) is 20.1 Å². The van der Waals surface area contributed by atoms with Crippen LogP contribution in [-0.4, -0.2) is 99.9 Å². The Kier molecular flexibility index (Phi) is 9.51. The maximum atomic E-state index is 13.8. The third kappa shape index (κ3) is 5.38. The summed E-state index contributed by atoms with van der Waals surface area (Å²) >= 11 is 0. The van der Waals surface area contributed by atoms with Crippen molar-refractivity contribution in [1.82, 2.24) is 0 Å². The van der Waals surface area contributed by atoms with Crippen molar-refractivity contribution in [2.45, 2.75) is 63.8 Å². The quantitative estimate of drug-likeness (QED) is 0.317. The maximum absolute atomic E-state index is 13.8. The van der Waals surface area contributed by atoms with Gasteiger partial charge in [-0.3, -0.25) is 4.79 Å². The molecule has 0 unspecified atom stereocenters. The Hall–Kier alpha value is -2.54. The molecule has 1 saturated carbocycles. The fraction of sp³-hybridized carbons (Fsp3) is 0.688. The van der Waals surface area contributed by atoms with E-state index < -0.39 is 71.7 Å². The summed E-state index contributed by atoms with van der Waals surface area (Å²) in [4.78, 5) is 27.0. The molecule has 5 rings (SSSR count). The number of aryl methyl sites for hydroxylation is 1. The van der Waals surface area contributed by atoms with Gasteiger partial charge in [0.25, 0.3) is 0 Å². The first-order valence-electron chi connectivity index (χ1n) is 14.9. The number of hydrogen-bond donors (Lipinski definition) is 2. The van der Waals surface area contributed by atoms with Gasteiger partial charge in [0, 0.05) is 50.4 Å². The molecule has 2 aliphatic heterocycles. The van der Waals surface area contributed by atoms with Crippen LogP contribution in [-0.2, 0) is 33.2 Å². The minimum Gasteiger partial charge on any atom is -0.469 e. The second-order valence-corrected chi connectivity index (χ2v) is 12.3. The van der Waals surface area contributed by atoms with Gasteiger partial charge in [0.1, 0.15) is 29.6 Å². The maximum Gasteiger partial charge on any atom is 0.342 e. The number of rotatable bonds is 9. The fourth-order valence-electron chi connectivity index (χ4n) is 8.17. The number of esters is 2. The normalized spacial score (nSPS) is 40.7. The number of carbonyl (C=O) groups excluding carboxylic acids is 2. The molecule has 1 aromatic rings. The average molecular weight is 605 g/mol. The van der Waals surface area contributed by atoms with Crippen LogP contribution in [0.25, 0.3) is 0 Å². The van der Waals surface area contributed by atoms with Gasteiger partial charge in [-0.15, -0.1) is 0 Å². The van der Waals surface area contributed by atoms with Crippen LogP contribution in [0.5, 0.6) is 0 Å². The van der Waals surface area contributed by atoms with E-state index in [9.17, 15) is 19.8 Å². The first-order chi connectivity index (χ1) is 20.6. The molecular weight excluding hydrogens is 560 g/mol. The summed E-state index contributed by atoms with van der Waals surface area (Å²) in [5, 5.41) is 23.0. The zero-order valence-electron chi connectivity index (χ0n) is 25.6. The number of aliphatic hydroxyl groups is 2. The first-order valence-corrected chi connectivity index (χ1v) is 14.9. The molecule has 2 aliphatic carbocycles. The van der Waals surface area contributed by atoms with Crippen LogP contribution in [0.1, 0.15) is 36.4 Å². The Labute approximate surface area is 252 Å². The van der Waals surface area contributed by atoms with E-state index >= 15 is 0 Å². The first kappa shape index (κ1) is 31.9. The lowest BCUT2D eigenvalue weighted by molar-refractivity contribution is -0.248. The lowest BCUT2D eigenvalue weighted by Gasteiger charge is -2.59. The number of carbonyl (C=O) groups is 2. The highest BCUT2D eigenvalue weighted by molar-refractivity contribution is 5.90. The molecule has 11 nitrogen and oxygen atoms in total. The van der Waals surface area contributed by atoms with E-state index in [0.717, 1.165) is 5.57 Å². The standard InChI is InChI=1S/C32H44O11/c1-16-11-17(2)32-22(20(13-37-4)31(36)42-28(16)24(33)15-39-6)7-8-26(32)41-25-12-23(32)27(34)21(14-38-5)29(25)43-30(35)19-9-10-40-18(19)3/h7-11,16,20-29,33-34H,12-15H2,1-6H3/b17-11+/t16-,20-,21-,22-,23+,24-,25+,26-,27-,28+,29-,32+/m1/s1. The van der Waals surface area contributed by atoms with E-state index in [1.165, 1.54) is 20.5 Å². The van der Waals surface area contributed by atoms with Crippen molar-refractivity contribution in [3.63, 3.8) is 0 Å². The summed E-state index contributed by atoms with van der Waals surface area (Å²) in [6.45, 7) is 5.79. The van der Waals surface area contributed by atoms with Crippen molar-refractivity contribution < 1.29 is 52.6 Å². The molecule has 3 heterocycles. The van der Waals surface area contributed by atoms with Crippen LogP contribution in [0.15, 0.2) is 40.5 Å².